The Kier molecular flexibility index (Phi) is 2.97. The summed E-state index contributed by atoms with van der Waals surface area (Å²) in [6, 6.07) is -0.484. The zero-order valence-corrected chi connectivity index (χ0v) is 11.6. The fourth-order valence-corrected chi connectivity index (χ4v) is 3.74. The maximum Gasteiger partial charge on any atom is 0.312 e. The van der Waals surface area contributed by atoms with Crippen LogP contribution in [0.5, 0.6) is 0 Å². The molecule has 0 saturated carbocycles. The van der Waals surface area contributed by atoms with Gasteiger partial charge in [-0.2, -0.15) is 0 Å². The molecule has 1 fully saturated rings. The summed E-state index contributed by atoms with van der Waals surface area (Å²) >= 11 is 1.38. The fourth-order valence-electron chi connectivity index (χ4n) is 2.53. The highest BCUT2D eigenvalue weighted by molar-refractivity contribution is 7.15. The lowest BCUT2D eigenvalue weighted by molar-refractivity contribution is -0.139. The number of rotatable bonds is 2. The standard InChI is InChI=1S/C12H13N3O4S/c1-5-10(17)13-8(16)4-15(5)12-14-9-6(11(18)19)2-3-7(9)20-12/h5-6H,2-4H2,1H3,(H,18,19)(H,13,16,17). The van der Waals surface area contributed by atoms with Crippen LogP contribution in [0.1, 0.15) is 29.8 Å². The van der Waals surface area contributed by atoms with Gasteiger partial charge in [-0.25, -0.2) is 4.98 Å². The Morgan fingerprint density at radius 3 is 2.95 bits per heavy atom. The van der Waals surface area contributed by atoms with E-state index in [2.05, 4.69) is 10.3 Å². The van der Waals surface area contributed by atoms with Crippen molar-refractivity contribution < 1.29 is 19.5 Å². The van der Waals surface area contributed by atoms with E-state index in [9.17, 15) is 14.4 Å². The maximum absolute atomic E-state index is 11.6. The molecule has 0 spiro atoms. The lowest BCUT2D eigenvalue weighted by Crippen LogP contribution is -2.57. The Hall–Kier alpha value is -1.96. The largest absolute Gasteiger partial charge is 0.481 e. The van der Waals surface area contributed by atoms with Crippen LogP contribution in [-0.4, -0.2) is 40.5 Å². The van der Waals surface area contributed by atoms with E-state index >= 15 is 0 Å². The molecule has 2 unspecified atom stereocenters. The molecule has 1 saturated heterocycles. The van der Waals surface area contributed by atoms with E-state index in [0.717, 1.165) is 4.88 Å². The average molecular weight is 295 g/mol. The Bertz CT molecular complexity index is 612. The Labute approximate surface area is 118 Å². The molecule has 2 heterocycles. The molecule has 0 radical (unpaired) electrons. The second-order valence-electron chi connectivity index (χ2n) is 4.95. The van der Waals surface area contributed by atoms with Crippen LogP contribution >= 0.6 is 11.3 Å². The van der Waals surface area contributed by atoms with E-state index in [1.807, 2.05) is 0 Å². The predicted octanol–water partition coefficient (Wildman–Crippen LogP) is 0.109. The number of hydrogen-bond acceptors (Lipinski definition) is 6. The van der Waals surface area contributed by atoms with Crippen molar-refractivity contribution in [3.63, 3.8) is 0 Å². The smallest absolute Gasteiger partial charge is 0.312 e. The highest BCUT2D eigenvalue weighted by Gasteiger charge is 2.36. The minimum Gasteiger partial charge on any atom is -0.481 e. The normalized spacial score (nSPS) is 25.6. The number of carbonyl (C=O) groups excluding carboxylic acids is 2. The van der Waals surface area contributed by atoms with Crippen molar-refractivity contribution in [1.82, 2.24) is 10.3 Å². The lowest BCUT2D eigenvalue weighted by Gasteiger charge is -2.31. The molecule has 2 atom stereocenters. The number of nitrogens with zero attached hydrogens (tertiary/aromatic N) is 2. The first kappa shape index (κ1) is 13.0. The van der Waals surface area contributed by atoms with Gasteiger partial charge in [0.25, 0.3) is 0 Å². The van der Waals surface area contributed by atoms with Crippen LogP contribution in [0.4, 0.5) is 5.13 Å². The lowest BCUT2D eigenvalue weighted by atomic mass is 10.1. The quantitative estimate of drug-likeness (QED) is 0.751. The van der Waals surface area contributed by atoms with Gasteiger partial charge in [0.2, 0.25) is 11.8 Å². The molecule has 0 aromatic carbocycles. The van der Waals surface area contributed by atoms with E-state index in [-0.39, 0.29) is 18.4 Å². The monoisotopic (exact) mass is 295 g/mol. The SMILES string of the molecule is CC1C(=O)NC(=O)CN1c1nc2c(s1)CCC2C(=O)O. The van der Waals surface area contributed by atoms with Crippen molar-refractivity contribution in [3.05, 3.63) is 10.6 Å². The van der Waals surface area contributed by atoms with Gasteiger partial charge in [-0.1, -0.05) is 0 Å². The average Bonchev–Trinajstić information content (AvgIpc) is 2.92. The van der Waals surface area contributed by atoms with E-state index < -0.39 is 17.9 Å². The Balaban J connectivity index is 1.92. The second kappa shape index (κ2) is 4.55. The summed E-state index contributed by atoms with van der Waals surface area (Å²) in [5.74, 6) is -2.16. The van der Waals surface area contributed by atoms with E-state index in [4.69, 9.17) is 5.11 Å². The molecule has 2 aliphatic rings. The first-order chi connectivity index (χ1) is 9.47. The molecular weight excluding hydrogens is 282 g/mol. The molecule has 8 heteroatoms. The molecule has 7 nitrogen and oxygen atoms in total. The van der Waals surface area contributed by atoms with Crippen molar-refractivity contribution in [2.45, 2.75) is 31.7 Å². The number of anilines is 1. The highest BCUT2D eigenvalue weighted by Crippen LogP contribution is 2.40. The molecule has 2 amide bonds. The van der Waals surface area contributed by atoms with Crippen molar-refractivity contribution in [2.75, 3.05) is 11.4 Å². The summed E-state index contributed by atoms with van der Waals surface area (Å²) < 4.78 is 0. The Morgan fingerprint density at radius 2 is 2.25 bits per heavy atom. The zero-order valence-electron chi connectivity index (χ0n) is 10.8. The van der Waals surface area contributed by atoms with Crippen LogP contribution < -0.4 is 10.2 Å². The Morgan fingerprint density at radius 1 is 1.50 bits per heavy atom. The number of aliphatic carboxylic acids is 1. The molecule has 20 heavy (non-hydrogen) atoms. The summed E-state index contributed by atoms with van der Waals surface area (Å²) in [5.41, 5.74) is 0.586. The van der Waals surface area contributed by atoms with Crippen molar-refractivity contribution >= 4 is 34.3 Å². The van der Waals surface area contributed by atoms with Crippen LogP contribution in [0.2, 0.25) is 0 Å². The molecule has 2 N–H and O–H groups in total. The van der Waals surface area contributed by atoms with Crippen LogP contribution in [-0.2, 0) is 20.8 Å². The van der Waals surface area contributed by atoms with Crippen LogP contribution in [0.15, 0.2) is 0 Å². The highest BCUT2D eigenvalue weighted by atomic mass is 32.1. The number of amides is 2. The third-order valence-corrected chi connectivity index (χ3v) is 4.84. The summed E-state index contributed by atoms with van der Waals surface area (Å²) in [7, 11) is 0. The van der Waals surface area contributed by atoms with Gasteiger partial charge in [0.15, 0.2) is 5.13 Å². The van der Waals surface area contributed by atoms with Crippen molar-refractivity contribution in [3.8, 4) is 0 Å². The molecular formula is C12H13N3O4S. The van der Waals surface area contributed by atoms with E-state index in [1.165, 1.54) is 11.3 Å². The van der Waals surface area contributed by atoms with Crippen molar-refractivity contribution in [1.29, 1.82) is 0 Å². The van der Waals surface area contributed by atoms with Gasteiger partial charge in [0.05, 0.1) is 5.69 Å². The summed E-state index contributed by atoms with van der Waals surface area (Å²) in [5, 5.41) is 12.0. The molecule has 1 aliphatic heterocycles. The van der Waals surface area contributed by atoms with E-state index in [0.29, 0.717) is 23.7 Å². The van der Waals surface area contributed by atoms with Crippen LogP contribution in [0.25, 0.3) is 0 Å². The number of carbonyl (C=O) groups is 3. The number of thiazole rings is 1. The molecule has 0 bridgehead atoms. The molecule has 3 rings (SSSR count). The number of carboxylic acids is 1. The van der Waals surface area contributed by atoms with Gasteiger partial charge in [0.1, 0.15) is 18.5 Å². The van der Waals surface area contributed by atoms with Crippen LogP contribution in [0, 0.1) is 0 Å². The second-order valence-corrected chi connectivity index (χ2v) is 6.01. The third kappa shape index (κ3) is 1.96. The molecule has 1 aliphatic carbocycles. The van der Waals surface area contributed by atoms with Crippen LogP contribution in [0.3, 0.4) is 0 Å². The predicted molar refractivity (Wildman–Crippen MR) is 70.8 cm³/mol. The van der Waals surface area contributed by atoms with Gasteiger partial charge >= 0.3 is 5.97 Å². The minimum atomic E-state index is -0.874. The van der Waals surface area contributed by atoms with E-state index in [1.54, 1.807) is 11.8 Å². The maximum atomic E-state index is 11.6. The third-order valence-electron chi connectivity index (χ3n) is 3.67. The number of carboxylic acid groups (broad SMARTS) is 1. The first-order valence-corrected chi connectivity index (χ1v) is 7.11. The zero-order chi connectivity index (χ0) is 14.4. The van der Waals surface area contributed by atoms with Gasteiger partial charge in [-0.3, -0.25) is 19.7 Å². The van der Waals surface area contributed by atoms with Gasteiger partial charge < -0.3 is 10.0 Å². The number of imide groups is 1. The number of hydrogen-bond donors (Lipinski definition) is 2. The number of piperazine rings is 1. The minimum absolute atomic E-state index is 0.0665. The molecule has 1 aromatic rings. The molecule has 1 aromatic heterocycles. The topological polar surface area (TPSA) is 99.6 Å². The fraction of sp³-hybridized carbons (Fsp3) is 0.500. The van der Waals surface area contributed by atoms with Gasteiger partial charge in [0, 0.05) is 4.88 Å². The number of nitrogens with one attached hydrogen (secondary N) is 1. The van der Waals surface area contributed by atoms with Gasteiger partial charge in [-0.15, -0.1) is 11.3 Å². The summed E-state index contributed by atoms with van der Waals surface area (Å²) in [6.45, 7) is 1.76. The summed E-state index contributed by atoms with van der Waals surface area (Å²) in [4.78, 5) is 41.2. The number of aryl methyl sites for hydroxylation is 1. The van der Waals surface area contributed by atoms with Crippen molar-refractivity contribution in [2.24, 2.45) is 0 Å². The summed E-state index contributed by atoms with van der Waals surface area (Å²) in [6.07, 6.45) is 1.26. The number of aromatic nitrogens is 1. The molecule has 106 valence electrons. The first-order valence-electron chi connectivity index (χ1n) is 6.30. The number of fused-ring (bicyclic) bond motifs is 1. The van der Waals surface area contributed by atoms with Gasteiger partial charge in [-0.05, 0) is 19.8 Å².